The van der Waals surface area contributed by atoms with Crippen LogP contribution < -0.4 is 0 Å². The lowest BCUT2D eigenvalue weighted by molar-refractivity contribution is 0.0389. The van der Waals surface area contributed by atoms with Gasteiger partial charge in [0.1, 0.15) is 0 Å². The van der Waals surface area contributed by atoms with Gasteiger partial charge in [0.2, 0.25) is 0 Å². The van der Waals surface area contributed by atoms with Gasteiger partial charge >= 0.3 is 0 Å². The molecule has 0 radical (unpaired) electrons. The number of amides is 1. The first kappa shape index (κ1) is 13.2. The second kappa shape index (κ2) is 5.67. The summed E-state index contributed by atoms with van der Waals surface area (Å²) in [5.74, 6) is 0.532. The van der Waals surface area contributed by atoms with Crippen LogP contribution in [0.1, 0.15) is 23.2 Å². The molecule has 0 bridgehead atoms. The number of rotatable bonds is 3. The monoisotopic (exact) mass is 272 g/mol. The van der Waals surface area contributed by atoms with E-state index in [2.05, 4.69) is 4.98 Å². The minimum Gasteiger partial charge on any atom is -0.381 e. The minimum atomic E-state index is 0.0728. The third kappa shape index (κ3) is 2.56. The maximum absolute atomic E-state index is 12.6. The molecular weight excluding hydrogens is 252 g/mol. The zero-order valence-electron chi connectivity index (χ0n) is 11.8. The molecule has 0 saturated carbocycles. The molecule has 1 aliphatic rings. The molecule has 1 fully saturated rings. The Morgan fingerprint density at radius 3 is 3.15 bits per heavy atom. The van der Waals surface area contributed by atoms with Gasteiger partial charge in [0.25, 0.3) is 5.91 Å². The highest BCUT2D eigenvalue weighted by Crippen LogP contribution is 2.20. The Morgan fingerprint density at radius 1 is 1.45 bits per heavy atom. The summed E-state index contributed by atoms with van der Waals surface area (Å²) < 4.78 is 5.48. The van der Waals surface area contributed by atoms with Crippen LogP contribution in [-0.2, 0) is 4.74 Å². The molecule has 1 aromatic heterocycles. The number of fused-ring (bicyclic) bond motifs is 1. The molecule has 1 amide bonds. The predicted molar refractivity (Wildman–Crippen MR) is 78.8 cm³/mol. The van der Waals surface area contributed by atoms with Gasteiger partial charge in [0.05, 0.1) is 17.7 Å². The summed E-state index contributed by atoms with van der Waals surface area (Å²) in [7, 11) is 1.87. The van der Waals surface area contributed by atoms with Gasteiger partial charge in [-0.15, -0.1) is 0 Å². The molecule has 0 aliphatic carbocycles. The van der Waals surface area contributed by atoms with Gasteiger partial charge in [-0.05, 0) is 30.9 Å². The van der Waals surface area contributed by atoms with E-state index >= 15 is 0 Å². The first-order chi connectivity index (χ1) is 9.75. The molecule has 1 aliphatic heterocycles. The van der Waals surface area contributed by atoms with Gasteiger partial charge in [-0.1, -0.05) is 12.1 Å². The minimum absolute atomic E-state index is 0.0728. The second-order valence-corrected chi connectivity index (χ2v) is 5.52. The van der Waals surface area contributed by atoms with E-state index in [-0.39, 0.29) is 5.91 Å². The summed E-state index contributed by atoms with van der Waals surface area (Å²) in [6.45, 7) is 2.39. The highest BCUT2D eigenvalue weighted by atomic mass is 16.5. The number of nitrogens with one attached hydrogen (secondary N) is 1. The van der Waals surface area contributed by atoms with E-state index < -0.39 is 0 Å². The van der Waals surface area contributed by atoms with Crippen molar-refractivity contribution in [1.82, 2.24) is 9.88 Å². The number of hydrogen-bond donors (Lipinski definition) is 1. The first-order valence-corrected chi connectivity index (χ1v) is 7.15. The average molecular weight is 272 g/mol. The molecule has 106 valence electrons. The zero-order valence-corrected chi connectivity index (χ0v) is 11.8. The number of carbonyl (C=O) groups excluding carboxylic acids is 1. The van der Waals surface area contributed by atoms with Crippen molar-refractivity contribution in [3.63, 3.8) is 0 Å². The van der Waals surface area contributed by atoms with Crippen molar-refractivity contribution in [3.8, 4) is 0 Å². The van der Waals surface area contributed by atoms with E-state index in [1.165, 1.54) is 0 Å². The molecule has 4 nitrogen and oxygen atoms in total. The summed E-state index contributed by atoms with van der Waals surface area (Å²) in [4.78, 5) is 17.6. The highest BCUT2D eigenvalue weighted by Gasteiger charge is 2.20. The average Bonchev–Trinajstić information content (AvgIpc) is 2.96. The lowest BCUT2D eigenvalue weighted by Crippen LogP contribution is -2.35. The number of aromatic nitrogens is 1. The molecule has 1 atom stereocenters. The van der Waals surface area contributed by atoms with Gasteiger partial charge in [-0.3, -0.25) is 4.79 Å². The Bertz CT molecular complexity index is 599. The Balaban J connectivity index is 1.75. The fraction of sp³-hybridized carbons (Fsp3) is 0.438. The van der Waals surface area contributed by atoms with Crippen LogP contribution in [0.25, 0.3) is 10.9 Å². The summed E-state index contributed by atoms with van der Waals surface area (Å²) in [6.07, 6.45) is 4.11. The molecule has 1 saturated heterocycles. The molecule has 4 heteroatoms. The fourth-order valence-electron chi connectivity index (χ4n) is 2.89. The van der Waals surface area contributed by atoms with Crippen molar-refractivity contribution in [2.45, 2.75) is 12.8 Å². The van der Waals surface area contributed by atoms with Crippen molar-refractivity contribution < 1.29 is 9.53 Å². The summed E-state index contributed by atoms with van der Waals surface area (Å²) >= 11 is 0. The van der Waals surface area contributed by atoms with E-state index in [4.69, 9.17) is 4.74 Å². The first-order valence-electron chi connectivity index (χ1n) is 7.15. The van der Waals surface area contributed by atoms with Crippen molar-refractivity contribution >= 4 is 16.8 Å². The molecular formula is C16H20N2O2. The van der Waals surface area contributed by atoms with E-state index in [1.54, 1.807) is 0 Å². The smallest absolute Gasteiger partial charge is 0.255 e. The summed E-state index contributed by atoms with van der Waals surface area (Å²) in [5.41, 5.74) is 1.66. The van der Waals surface area contributed by atoms with Crippen molar-refractivity contribution in [2.24, 2.45) is 5.92 Å². The topological polar surface area (TPSA) is 45.3 Å². The number of ether oxygens (including phenoxy) is 1. The lowest BCUT2D eigenvalue weighted by Gasteiger charge is -2.27. The SMILES string of the molecule is CN(CC1CCCOC1)C(=O)c1cccc2cc[nH]c12. The van der Waals surface area contributed by atoms with Crippen LogP contribution in [0.5, 0.6) is 0 Å². The Labute approximate surface area is 118 Å². The van der Waals surface area contributed by atoms with Gasteiger partial charge < -0.3 is 14.6 Å². The molecule has 20 heavy (non-hydrogen) atoms. The molecule has 3 rings (SSSR count). The van der Waals surface area contributed by atoms with Crippen LogP contribution in [0.4, 0.5) is 0 Å². The highest BCUT2D eigenvalue weighted by molar-refractivity contribution is 6.05. The quantitative estimate of drug-likeness (QED) is 0.933. The van der Waals surface area contributed by atoms with Gasteiger partial charge in [0, 0.05) is 31.8 Å². The number of aromatic amines is 1. The van der Waals surface area contributed by atoms with E-state index in [9.17, 15) is 4.79 Å². The van der Waals surface area contributed by atoms with Crippen LogP contribution in [0.15, 0.2) is 30.5 Å². The van der Waals surface area contributed by atoms with Gasteiger partial charge in [0.15, 0.2) is 0 Å². The van der Waals surface area contributed by atoms with Crippen LogP contribution >= 0.6 is 0 Å². The number of benzene rings is 1. The van der Waals surface area contributed by atoms with Crippen molar-refractivity contribution in [3.05, 3.63) is 36.0 Å². The number of para-hydroxylation sites is 1. The summed E-state index contributed by atoms with van der Waals surface area (Å²) in [5, 5.41) is 1.07. The molecule has 1 aromatic carbocycles. The Kier molecular flexibility index (Phi) is 3.74. The number of carbonyl (C=O) groups is 1. The third-order valence-corrected chi connectivity index (χ3v) is 3.95. The summed E-state index contributed by atoms with van der Waals surface area (Å²) in [6, 6.07) is 7.81. The van der Waals surface area contributed by atoms with E-state index in [0.717, 1.165) is 49.1 Å². The molecule has 0 spiro atoms. The predicted octanol–water partition coefficient (Wildman–Crippen LogP) is 2.67. The Hall–Kier alpha value is -1.81. The third-order valence-electron chi connectivity index (χ3n) is 3.95. The number of nitrogens with zero attached hydrogens (tertiary/aromatic N) is 1. The fourth-order valence-corrected chi connectivity index (χ4v) is 2.89. The van der Waals surface area contributed by atoms with Crippen LogP contribution in [0, 0.1) is 5.92 Å². The molecule has 2 aromatic rings. The van der Waals surface area contributed by atoms with Gasteiger partial charge in [-0.25, -0.2) is 0 Å². The van der Waals surface area contributed by atoms with Crippen LogP contribution in [0.2, 0.25) is 0 Å². The molecule has 1 unspecified atom stereocenters. The van der Waals surface area contributed by atoms with Crippen LogP contribution in [-0.4, -0.2) is 42.6 Å². The molecule has 2 heterocycles. The Morgan fingerprint density at radius 2 is 2.35 bits per heavy atom. The van der Waals surface area contributed by atoms with Crippen molar-refractivity contribution in [1.29, 1.82) is 0 Å². The zero-order chi connectivity index (χ0) is 13.9. The largest absolute Gasteiger partial charge is 0.381 e. The molecule has 1 N–H and O–H groups in total. The standard InChI is InChI=1S/C16H20N2O2/c1-18(10-12-4-3-9-20-11-12)16(19)14-6-2-5-13-7-8-17-15(13)14/h2,5-8,12,17H,3-4,9-11H2,1H3. The van der Waals surface area contributed by atoms with Gasteiger partial charge in [-0.2, -0.15) is 0 Å². The maximum atomic E-state index is 12.6. The van der Waals surface area contributed by atoms with Crippen LogP contribution in [0.3, 0.4) is 0 Å². The second-order valence-electron chi connectivity index (χ2n) is 5.52. The normalized spacial score (nSPS) is 19.1. The van der Waals surface area contributed by atoms with E-state index in [0.29, 0.717) is 5.92 Å². The maximum Gasteiger partial charge on any atom is 0.255 e. The van der Waals surface area contributed by atoms with E-state index in [1.807, 2.05) is 42.4 Å². The number of H-pyrrole nitrogens is 1. The number of hydrogen-bond acceptors (Lipinski definition) is 2. The lowest BCUT2D eigenvalue weighted by atomic mass is 10.0. The van der Waals surface area contributed by atoms with Crippen molar-refractivity contribution in [2.75, 3.05) is 26.8 Å².